The molecular weight excluding hydrogens is 406 g/mol. The van der Waals surface area contributed by atoms with Crippen LogP contribution in [0.15, 0.2) is 16.9 Å². The van der Waals surface area contributed by atoms with Gasteiger partial charge in [0.05, 0.1) is 21.2 Å². The number of likely N-dealkylation sites (N-methyl/N-ethyl adjacent to an activating group) is 1. The van der Waals surface area contributed by atoms with Gasteiger partial charge in [0.15, 0.2) is 0 Å². The molecule has 0 radical (unpaired) electrons. The third kappa shape index (κ3) is 3.64. The van der Waals surface area contributed by atoms with Gasteiger partial charge in [-0.3, -0.25) is 4.79 Å². The first-order chi connectivity index (χ1) is 11.7. The molecule has 1 saturated carbocycles. The van der Waals surface area contributed by atoms with Gasteiger partial charge in [-0.25, -0.2) is 4.98 Å². The summed E-state index contributed by atoms with van der Waals surface area (Å²) in [6, 6.07) is 0.484. The van der Waals surface area contributed by atoms with Crippen molar-refractivity contribution in [1.82, 2.24) is 15.3 Å². The summed E-state index contributed by atoms with van der Waals surface area (Å²) in [5.41, 5.74) is 2.76. The van der Waals surface area contributed by atoms with E-state index >= 15 is 0 Å². The maximum absolute atomic E-state index is 12.2. The van der Waals surface area contributed by atoms with E-state index in [0.29, 0.717) is 6.04 Å². The fraction of sp³-hybridized carbons (Fsp3) is 0.529. The van der Waals surface area contributed by atoms with Crippen LogP contribution < -0.4 is 15.5 Å². The highest BCUT2D eigenvalue weighted by Crippen LogP contribution is 2.39. The highest BCUT2D eigenvalue weighted by atomic mass is 79.9. The standard InChI is InChI=1S/C17H22BrN5O.ClH/c1-19-11-3-2-6-23(9-11)15-12(18)7-20-16-14(15)13(8-21-16)22-17(24)10-4-5-10;/h7-8,10-11,19H,2-6,9H2,1H3,(H,20,21)(H,22,24);1H/t11-;/m1./s1. The number of halogens is 2. The van der Waals surface area contributed by atoms with Crippen LogP contribution in [-0.4, -0.2) is 42.1 Å². The lowest BCUT2D eigenvalue weighted by molar-refractivity contribution is -0.117. The van der Waals surface area contributed by atoms with Gasteiger partial charge in [0.25, 0.3) is 0 Å². The second-order valence-electron chi connectivity index (χ2n) is 6.72. The summed E-state index contributed by atoms with van der Waals surface area (Å²) in [6.45, 7) is 1.96. The Morgan fingerprint density at radius 2 is 2.20 bits per heavy atom. The molecule has 2 aromatic heterocycles. The summed E-state index contributed by atoms with van der Waals surface area (Å²) < 4.78 is 0.966. The number of H-pyrrole nitrogens is 1. The van der Waals surface area contributed by atoms with Gasteiger partial charge in [-0.15, -0.1) is 12.4 Å². The van der Waals surface area contributed by atoms with Gasteiger partial charge in [-0.2, -0.15) is 0 Å². The number of aromatic nitrogens is 2. The maximum atomic E-state index is 12.2. The van der Waals surface area contributed by atoms with Gasteiger partial charge in [-0.1, -0.05) is 0 Å². The molecule has 1 atom stereocenters. The van der Waals surface area contributed by atoms with Crippen molar-refractivity contribution in [1.29, 1.82) is 0 Å². The number of nitrogens with one attached hydrogen (secondary N) is 3. The van der Waals surface area contributed by atoms with Gasteiger partial charge in [0.1, 0.15) is 5.65 Å². The Kier molecular flexibility index (Phi) is 5.55. The number of amides is 1. The number of aromatic amines is 1. The first-order valence-corrected chi connectivity index (χ1v) is 9.35. The average molecular weight is 429 g/mol. The molecule has 3 N–H and O–H groups in total. The molecule has 0 unspecified atom stereocenters. The molecule has 0 bridgehead atoms. The Balaban J connectivity index is 0.00000182. The summed E-state index contributed by atoms with van der Waals surface area (Å²) >= 11 is 3.67. The minimum Gasteiger partial charge on any atom is -0.368 e. The Bertz CT molecular complexity index is 776. The molecule has 1 aliphatic carbocycles. The molecular formula is C17H23BrClN5O. The zero-order valence-electron chi connectivity index (χ0n) is 14.1. The lowest BCUT2D eigenvalue weighted by Gasteiger charge is -2.35. The predicted molar refractivity (Wildman–Crippen MR) is 107 cm³/mol. The number of piperidine rings is 1. The second kappa shape index (κ2) is 7.51. The molecule has 2 aromatic rings. The van der Waals surface area contributed by atoms with Crippen molar-refractivity contribution in [2.45, 2.75) is 31.7 Å². The molecule has 136 valence electrons. The molecule has 25 heavy (non-hydrogen) atoms. The van der Waals surface area contributed by atoms with Crippen molar-refractivity contribution in [2.24, 2.45) is 5.92 Å². The monoisotopic (exact) mass is 427 g/mol. The number of pyridine rings is 1. The number of fused-ring (bicyclic) bond motifs is 1. The Morgan fingerprint density at radius 1 is 1.40 bits per heavy atom. The molecule has 6 nitrogen and oxygen atoms in total. The molecule has 2 fully saturated rings. The molecule has 8 heteroatoms. The summed E-state index contributed by atoms with van der Waals surface area (Å²) in [7, 11) is 2.02. The van der Waals surface area contributed by atoms with E-state index in [1.54, 1.807) is 0 Å². The van der Waals surface area contributed by atoms with Crippen LogP contribution in [0.3, 0.4) is 0 Å². The van der Waals surface area contributed by atoms with E-state index in [0.717, 1.165) is 59.2 Å². The first-order valence-electron chi connectivity index (χ1n) is 8.56. The van der Waals surface area contributed by atoms with E-state index in [9.17, 15) is 4.79 Å². The number of carbonyl (C=O) groups excluding carboxylic acids is 1. The minimum absolute atomic E-state index is 0. The molecule has 1 saturated heterocycles. The third-order valence-electron chi connectivity index (χ3n) is 4.98. The van der Waals surface area contributed by atoms with Crippen LogP contribution in [0.2, 0.25) is 0 Å². The van der Waals surface area contributed by atoms with Crippen molar-refractivity contribution < 1.29 is 4.79 Å². The average Bonchev–Trinajstić information content (AvgIpc) is 3.38. The van der Waals surface area contributed by atoms with E-state index < -0.39 is 0 Å². The van der Waals surface area contributed by atoms with Gasteiger partial charge in [0.2, 0.25) is 5.91 Å². The lowest BCUT2D eigenvalue weighted by Crippen LogP contribution is -2.44. The van der Waals surface area contributed by atoms with Crippen LogP contribution in [0, 0.1) is 5.92 Å². The van der Waals surface area contributed by atoms with Crippen LogP contribution in [0.25, 0.3) is 11.0 Å². The number of carbonyl (C=O) groups is 1. The number of anilines is 2. The highest BCUT2D eigenvalue weighted by Gasteiger charge is 2.31. The smallest absolute Gasteiger partial charge is 0.227 e. The lowest BCUT2D eigenvalue weighted by atomic mass is 10.0. The van der Waals surface area contributed by atoms with Gasteiger partial charge < -0.3 is 20.5 Å². The van der Waals surface area contributed by atoms with E-state index in [-0.39, 0.29) is 24.2 Å². The molecule has 2 aliphatic rings. The van der Waals surface area contributed by atoms with Crippen molar-refractivity contribution in [3.8, 4) is 0 Å². The molecule has 1 amide bonds. The van der Waals surface area contributed by atoms with E-state index in [4.69, 9.17) is 0 Å². The van der Waals surface area contributed by atoms with Crippen molar-refractivity contribution in [2.75, 3.05) is 30.4 Å². The predicted octanol–water partition coefficient (Wildman–Crippen LogP) is 3.28. The van der Waals surface area contributed by atoms with Crippen LogP contribution >= 0.6 is 28.3 Å². The molecule has 4 rings (SSSR count). The minimum atomic E-state index is 0. The quantitative estimate of drug-likeness (QED) is 0.699. The van der Waals surface area contributed by atoms with E-state index in [1.165, 1.54) is 6.42 Å². The largest absolute Gasteiger partial charge is 0.368 e. The van der Waals surface area contributed by atoms with E-state index in [2.05, 4.69) is 41.4 Å². The fourth-order valence-corrected chi connectivity index (χ4v) is 4.01. The highest BCUT2D eigenvalue weighted by molar-refractivity contribution is 9.10. The molecule has 0 aromatic carbocycles. The van der Waals surface area contributed by atoms with Crippen molar-refractivity contribution in [3.63, 3.8) is 0 Å². The van der Waals surface area contributed by atoms with Gasteiger partial charge in [-0.05, 0) is 48.7 Å². The first kappa shape index (κ1) is 18.5. The van der Waals surface area contributed by atoms with Crippen LogP contribution in [0.5, 0.6) is 0 Å². The second-order valence-corrected chi connectivity index (χ2v) is 7.57. The van der Waals surface area contributed by atoms with Crippen molar-refractivity contribution >= 4 is 56.7 Å². The molecule has 3 heterocycles. The van der Waals surface area contributed by atoms with Crippen LogP contribution in [0.1, 0.15) is 25.7 Å². The molecule has 1 aliphatic heterocycles. The Morgan fingerprint density at radius 3 is 2.92 bits per heavy atom. The third-order valence-corrected chi connectivity index (χ3v) is 5.56. The summed E-state index contributed by atoms with van der Waals surface area (Å²) in [4.78, 5) is 22.3. The summed E-state index contributed by atoms with van der Waals surface area (Å²) in [6.07, 6.45) is 8.03. The zero-order chi connectivity index (χ0) is 16.7. The maximum Gasteiger partial charge on any atom is 0.227 e. The Labute approximate surface area is 161 Å². The summed E-state index contributed by atoms with van der Waals surface area (Å²) in [5.74, 6) is 0.302. The number of nitrogens with zero attached hydrogens (tertiary/aromatic N) is 2. The van der Waals surface area contributed by atoms with Gasteiger partial charge in [0, 0.05) is 37.4 Å². The Hall–Kier alpha value is -1.31. The van der Waals surface area contributed by atoms with E-state index in [1.807, 2.05) is 19.4 Å². The SMILES string of the molecule is CN[C@@H]1CCCN(c2c(Br)cnc3[nH]cc(NC(=O)C4CC4)c23)C1.Cl. The van der Waals surface area contributed by atoms with Crippen LogP contribution in [0.4, 0.5) is 11.4 Å². The number of rotatable bonds is 4. The van der Waals surface area contributed by atoms with Gasteiger partial charge >= 0.3 is 0 Å². The number of hydrogen-bond acceptors (Lipinski definition) is 4. The normalized spacial score (nSPS) is 20.4. The summed E-state index contributed by atoms with van der Waals surface area (Å²) in [5, 5.41) is 7.47. The van der Waals surface area contributed by atoms with Crippen molar-refractivity contribution in [3.05, 3.63) is 16.9 Å². The topological polar surface area (TPSA) is 73.1 Å². The number of hydrogen-bond donors (Lipinski definition) is 3. The van der Waals surface area contributed by atoms with Crippen LogP contribution in [-0.2, 0) is 4.79 Å². The zero-order valence-corrected chi connectivity index (χ0v) is 16.5. The molecule has 0 spiro atoms. The fourth-order valence-electron chi connectivity index (χ4n) is 3.46.